The minimum atomic E-state index is -0.0808. The van der Waals surface area contributed by atoms with Crippen LogP contribution in [0.15, 0.2) is 42.7 Å². The van der Waals surface area contributed by atoms with Gasteiger partial charge in [0, 0.05) is 40.1 Å². The number of amides is 1. The third-order valence-corrected chi connectivity index (χ3v) is 6.93. The van der Waals surface area contributed by atoms with Gasteiger partial charge in [-0.1, -0.05) is 40.9 Å². The Bertz CT molecular complexity index is 1040. The fourth-order valence-corrected chi connectivity index (χ4v) is 5.05. The average molecular weight is 467 g/mol. The first-order valence-electron chi connectivity index (χ1n) is 9.27. The summed E-state index contributed by atoms with van der Waals surface area (Å²) in [7, 11) is 0. The Balaban J connectivity index is 1.59. The predicted octanol–water partition coefficient (Wildman–Crippen LogP) is 6.40. The Labute approximate surface area is 188 Å². The van der Waals surface area contributed by atoms with Crippen LogP contribution in [0.1, 0.15) is 35.0 Å². The molecular weight excluding hydrogens is 449 g/mol. The van der Waals surface area contributed by atoms with Crippen LogP contribution in [0, 0.1) is 0 Å². The van der Waals surface area contributed by atoms with Crippen LogP contribution >= 0.6 is 46.1 Å². The number of benzene rings is 1. The third-order valence-electron chi connectivity index (χ3n) is 4.87. The largest absolute Gasteiger partial charge is 0.332 e. The summed E-state index contributed by atoms with van der Waals surface area (Å²) in [4.78, 5) is 24.3. The van der Waals surface area contributed by atoms with Gasteiger partial charge < -0.3 is 4.90 Å². The highest BCUT2D eigenvalue weighted by molar-refractivity contribution is 7.17. The first-order chi connectivity index (χ1) is 13.9. The molecule has 1 saturated carbocycles. The Kier molecular flexibility index (Phi) is 6.11. The summed E-state index contributed by atoms with van der Waals surface area (Å²) in [5.74, 6) is -0.0808. The van der Waals surface area contributed by atoms with Gasteiger partial charge >= 0.3 is 0 Å². The quantitative estimate of drug-likeness (QED) is 0.422. The van der Waals surface area contributed by atoms with Gasteiger partial charge in [0.1, 0.15) is 9.88 Å². The van der Waals surface area contributed by atoms with Crippen molar-refractivity contribution in [2.75, 3.05) is 0 Å². The topological polar surface area (TPSA) is 46.1 Å². The van der Waals surface area contributed by atoms with Gasteiger partial charge in [0.05, 0.1) is 0 Å². The van der Waals surface area contributed by atoms with E-state index in [4.69, 9.17) is 34.8 Å². The maximum atomic E-state index is 13.4. The lowest BCUT2D eigenvalue weighted by Gasteiger charge is -2.29. The maximum Gasteiger partial charge on any atom is 0.267 e. The molecule has 0 saturated heterocycles. The van der Waals surface area contributed by atoms with Gasteiger partial charge in [0.15, 0.2) is 5.15 Å². The summed E-state index contributed by atoms with van der Waals surface area (Å²) in [5, 5.41) is 2.14. The molecule has 2 aromatic heterocycles. The minimum Gasteiger partial charge on any atom is -0.332 e. The fourth-order valence-electron chi connectivity index (χ4n) is 3.35. The number of carbonyl (C=O) groups is 1. The second-order valence-electron chi connectivity index (χ2n) is 7.11. The molecule has 1 unspecified atom stereocenters. The Hall–Kier alpha value is -1.66. The SMILES string of the molecule is CC(Cc1ccc(Cl)cc1Cl)N(C(=O)c1sc(-c2cccnc2)nc1Cl)C1CC1. The summed E-state index contributed by atoms with van der Waals surface area (Å²) in [6.07, 6.45) is 6.05. The Morgan fingerprint density at radius 1 is 1.28 bits per heavy atom. The van der Waals surface area contributed by atoms with Crippen molar-refractivity contribution in [3.63, 3.8) is 0 Å². The lowest BCUT2D eigenvalue weighted by Crippen LogP contribution is -2.41. The zero-order valence-corrected chi connectivity index (χ0v) is 18.7. The van der Waals surface area contributed by atoms with Crippen molar-refractivity contribution in [2.24, 2.45) is 0 Å². The normalized spacial score (nSPS) is 14.6. The first kappa shape index (κ1) is 20.6. The van der Waals surface area contributed by atoms with E-state index < -0.39 is 0 Å². The van der Waals surface area contributed by atoms with Crippen molar-refractivity contribution in [3.05, 3.63) is 68.4 Å². The van der Waals surface area contributed by atoms with Crippen molar-refractivity contribution in [3.8, 4) is 10.6 Å². The summed E-state index contributed by atoms with van der Waals surface area (Å²) in [6, 6.07) is 9.39. The Morgan fingerprint density at radius 3 is 2.72 bits per heavy atom. The highest BCUT2D eigenvalue weighted by atomic mass is 35.5. The maximum absolute atomic E-state index is 13.4. The highest BCUT2D eigenvalue weighted by Gasteiger charge is 2.38. The molecule has 1 aliphatic rings. The number of rotatable bonds is 6. The van der Waals surface area contributed by atoms with Crippen LogP contribution in [0.2, 0.25) is 15.2 Å². The predicted molar refractivity (Wildman–Crippen MR) is 119 cm³/mol. The van der Waals surface area contributed by atoms with Crippen molar-refractivity contribution in [1.82, 2.24) is 14.9 Å². The number of pyridine rings is 1. The second kappa shape index (κ2) is 8.60. The zero-order valence-electron chi connectivity index (χ0n) is 15.6. The highest BCUT2D eigenvalue weighted by Crippen LogP contribution is 2.36. The number of carbonyl (C=O) groups excluding carboxylic acids is 1. The van der Waals surface area contributed by atoms with Crippen LogP contribution in [0.25, 0.3) is 10.6 Å². The number of hydrogen-bond donors (Lipinski definition) is 0. The lowest BCUT2D eigenvalue weighted by atomic mass is 10.1. The molecule has 3 aromatic rings. The van der Waals surface area contributed by atoms with Crippen LogP contribution in [-0.2, 0) is 6.42 Å². The molecule has 1 atom stereocenters. The molecule has 2 heterocycles. The number of hydrogen-bond acceptors (Lipinski definition) is 4. The van der Waals surface area contributed by atoms with E-state index >= 15 is 0 Å². The van der Waals surface area contributed by atoms with Gasteiger partial charge in [-0.3, -0.25) is 9.78 Å². The lowest BCUT2D eigenvalue weighted by molar-refractivity contribution is 0.0680. The van der Waals surface area contributed by atoms with E-state index in [0.717, 1.165) is 24.0 Å². The number of thiazole rings is 1. The summed E-state index contributed by atoms with van der Waals surface area (Å²) < 4.78 is 0. The molecular formula is C21H18Cl3N3OS. The van der Waals surface area contributed by atoms with E-state index in [1.807, 2.05) is 36.1 Å². The van der Waals surface area contributed by atoms with Crippen LogP contribution in [0.4, 0.5) is 0 Å². The van der Waals surface area contributed by atoms with Crippen LogP contribution in [-0.4, -0.2) is 32.9 Å². The zero-order chi connectivity index (χ0) is 20.5. The molecule has 0 spiro atoms. The molecule has 0 N–H and O–H groups in total. The van der Waals surface area contributed by atoms with Gasteiger partial charge in [0.2, 0.25) is 0 Å². The van der Waals surface area contributed by atoms with E-state index in [1.54, 1.807) is 18.5 Å². The van der Waals surface area contributed by atoms with Gasteiger partial charge in [-0.05, 0) is 56.0 Å². The third kappa shape index (κ3) is 4.58. The molecule has 8 heteroatoms. The second-order valence-corrected chi connectivity index (χ2v) is 9.31. The summed E-state index contributed by atoms with van der Waals surface area (Å²) in [5.41, 5.74) is 1.81. The Morgan fingerprint density at radius 2 is 2.07 bits per heavy atom. The molecule has 150 valence electrons. The molecule has 4 nitrogen and oxygen atoms in total. The van der Waals surface area contributed by atoms with Crippen molar-refractivity contribution >= 4 is 52.0 Å². The molecule has 1 fully saturated rings. The summed E-state index contributed by atoms with van der Waals surface area (Å²) in [6.45, 7) is 2.04. The smallest absolute Gasteiger partial charge is 0.267 e. The van der Waals surface area contributed by atoms with Crippen molar-refractivity contribution in [2.45, 2.75) is 38.3 Å². The van der Waals surface area contributed by atoms with Crippen LogP contribution in [0.3, 0.4) is 0 Å². The number of aromatic nitrogens is 2. The van der Waals surface area contributed by atoms with E-state index in [2.05, 4.69) is 9.97 Å². The van der Waals surface area contributed by atoms with Gasteiger partial charge in [-0.15, -0.1) is 11.3 Å². The fraction of sp³-hybridized carbons (Fsp3) is 0.286. The molecule has 0 radical (unpaired) electrons. The first-order valence-corrected chi connectivity index (χ1v) is 11.2. The van der Waals surface area contributed by atoms with Crippen molar-refractivity contribution < 1.29 is 4.79 Å². The average Bonchev–Trinajstić information content (AvgIpc) is 3.45. The number of nitrogens with zero attached hydrogens (tertiary/aromatic N) is 3. The molecule has 29 heavy (non-hydrogen) atoms. The van der Waals surface area contributed by atoms with E-state index in [1.165, 1.54) is 11.3 Å². The monoisotopic (exact) mass is 465 g/mol. The molecule has 4 rings (SSSR count). The van der Waals surface area contributed by atoms with E-state index in [-0.39, 0.29) is 23.1 Å². The van der Waals surface area contributed by atoms with Crippen LogP contribution < -0.4 is 0 Å². The van der Waals surface area contributed by atoms with E-state index in [0.29, 0.717) is 26.4 Å². The van der Waals surface area contributed by atoms with Gasteiger partial charge in [-0.25, -0.2) is 4.98 Å². The molecule has 1 aromatic carbocycles. The molecule has 1 amide bonds. The number of halogens is 3. The van der Waals surface area contributed by atoms with Crippen LogP contribution in [0.5, 0.6) is 0 Å². The van der Waals surface area contributed by atoms with Gasteiger partial charge in [0.25, 0.3) is 5.91 Å². The van der Waals surface area contributed by atoms with E-state index in [9.17, 15) is 4.79 Å². The molecule has 0 bridgehead atoms. The standard InChI is InChI=1S/C21H18Cl3N3OS/c1-12(9-13-4-5-15(22)10-17(13)23)27(16-6-7-16)21(28)18-19(24)26-20(29-18)14-3-2-8-25-11-14/h2-5,8,10-12,16H,6-7,9H2,1H3. The summed E-state index contributed by atoms with van der Waals surface area (Å²) >= 11 is 20.0. The molecule has 1 aliphatic carbocycles. The van der Waals surface area contributed by atoms with Gasteiger partial charge in [-0.2, -0.15) is 0 Å². The molecule has 0 aliphatic heterocycles. The minimum absolute atomic E-state index is 0.0336. The van der Waals surface area contributed by atoms with Crippen molar-refractivity contribution in [1.29, 1.82) is 0 Å².